The first kappa shape index (κ1) is 11.4. The van der Waals surface area contributed by atoms with Gasteiger partial charge in [-0.15, -0.1) is 0 Å². The van der Waals surface area contributed by atoms with Crippen molar-refractivity contribution in [1.29, 1.82) is 0 Å². The molecule has 0 fully saturated rings. The van der Waals surface area contributed by atoms with E-state index in [-0.39, 0.29) is 12.3 Å². The summed E-state index contributed by atoms with van der Waals surface area (Å²) in [5.41, 5.74) is 8.00. The predicted molar refractivity (Wildman–Crippen MR) is 63.4 cm³/mol. The van der Waals surface area contributed by atoms with E-state index in [1.165, 1.54) is 0 Å². The molecular formula is C12H14ClNO2. The van der Waals surface area contributed by atoms with Crippen LogP contribution in [0.3, 0.4) is 0 Å². The van der Waals surface area contributed by atoms with E-state index >= 15 is 0 Å². The first-order valence-electron chi connectivity index (χ1n) is 5.33. The summed E-state index contributed by atoms with van der Waals surface area (Å²) < 4.78 is 5.53. The Kier molecular flexibility index (Phi) is 3.17. The van der Waals surface area contributed by atoms with Crippen molar-refractivity contribution >= 4 is 17.4 Å². The van der Waals surface area contributed by atoms with E-state index < -0.39 is 0 Å². The topological polar surface area (TPSA) is 52.3 Å². The van der Waals surface area contributed by atoms with Crippen LogP contribution in [0.15, 0.2) is 6.07 Å². The van der Waals surface area contributed by atoms with Crippen molar-refractivity contribution in [3.8, 4) is 5.75 Å². The zero-order chi connectivity index (χ0) is 11.7. The summed E-state index contributed by atoms with van der Waals surface area (Å²) >= 11 is 6.10. The van der Waals surface area contributed by atoms with Gasteiger partial charge in [0.25, 0.3) is 0 Å². The Morgan fingerprint density at radius 1 is 1.62 bits per heavy atom. The molecule has 4 heteroatoms. The number of fused-ring (bicyclic) bond motifs is 1. The van der Waals surface area contributed by atoms with Crippen molar-refractivity contribution in [2.24, 2.45) is 5.73 Å². The molecule has 0 unspecified atom stereocenters. The minimum absolute atomic E-state index is 0.0107. The Morgan fingerprint density at radius 3 is 3.06 bits per heavy atom. The van der Waals surface area contributed by atoms with E-state index in [0.29, 0.717) is 17.2 Å². The van der Waals surface area contributed by atoms with Crippen molar-refractivity contribution in [2.75, 3.05) is 13.2 Å². The second-order valence-electron chi connectivity index (χ2n) is 3.92. The molecule has 2 N–H and O–H groups in total. The zero-order valence-electron chi connectivity index (χ0n) is 9.18. The molecule has 1 heterocycles. The first-order chi connectivity index (χ1) is 7.65. The summed E-state index contributed by atoms with van der Waals surface area (Å²) in [4.78, 5) is 11.6. The van der Waals surface area contributed by atoms with Gasteiger partial charge in [0.15, 0.2) is 5.78 Å². The number of Topliss-reactive ketones (excluding diaryl/α,β-unsaturated/α-hetero) is 1. The maximum atomic E-state index is 11.6. The largest absolute Gasteiger partial charge is 0.492 e. The number of halogens is 1. The molecule has 1 aromatic carbocycles. The number of hydrogen-bond acceptors (Lipinski definition) is 3. The summed E-state index contributed by atoms with van der Waals surface area (Å²) in [5, 5.41) is 0.511. The van der Waals surface area contributed by atoms with Crippen LogP contribution in [0.5, 0.6) is 5.75 Å². The van der Waals surface area contributed by atoms with Gasteiger partial charge in [-0.3, -0.25) is 4.79 Å². The molecule has 3 nitrogen and oxygen atoms in total. The molecule has 1 aliphatic rings. The minimum atomic E-state index is -0.0761. The third-order valence-corrected chi connectivity index (χ3v) is 3.20. The lowest BCUT2D eigenvalue weighted by Gasteiger charge is -2.22. The molecule has 0 aliphatic carbocycles. The molecule has 16 heavy (non-hydrogen) atoms. The molecule has 0 spiro atoms. The van der Waals surface area contributed by atoms with E-state index in [2.05, 4.69) is 0 Å². The monoisotopic (exact) mass is 239 g/mol. The average Bonchev–Trinajstić information content (AvgIpc) is 2.33. The second-order valence-corrected chi connectivity index (χ2v) is 4.33. The number of nitrogens with two attached hydrogens (primary N) is 1. The Labute approximate surface area is 99.5 Å². The number of carbonyl (C=O) groups excluding carboxylic acids is 1. The lowest BCUT2D eigenvalue weighted by atomic mass is 9.94. The Balaban J connectivity index is 2.58. The van der Waals surface area contributed by atoms with Gasteiger partial charge in [-0.25, -0.2) is 0 Å². The lowest BCUT2D eigenvalue weighted by Crippen LogP contribution is -2.18. The molecule has 1 aliphatic heterocycles. The van der Waals surface area contributed by atoms with E-state index in [9.17, 15) is 4.79 Å². The van der Waals surface area contributed by atoms with Crippen molar-refractivity contribution in [3.05, 3.63) is 27.8 Å². The maximum Gasteiger partial charge on any atom is 0.176 e. The van der Waals surface area contributed by atoms with E-state index in [1.54, 1.807) is 6.07 Å². The van der Waals surface area contributed by atoms with Crippen molar-refractivity contribution in [3.63, 3.8) is 0 Å². The highest BCUT2D eigenvalue weighted by Crippen LogP contribution is 2.36. The molecule has 0 radical (unpaired) electrons. The molecule has 0 saturated heterocycles. The van der Waals surface area contributed by atoms with Crippen LogP contribution in [0.4, 0.5) is 0 Å². The van der Waals surface area contributed by atoms with Crippen LogP contribution >= 0.6 is 11.6 Å². The standard InChI is InChI=1S/C12H14ClNO2/c1-7-8-3-2-4-16-12(8)10(13)5-9(7)11(15)6-14/h5H,2-4,6,14H2,1H3. The molecule has 2 rings (SSSR count). The summed E-state index contributed by atoms with van der Waals surface area (Å²) in [5.74, 6) is 0.659. The van der Waals surface area contributed by atoms with Gasteiger partial charge in [-0.2, -0.15) is 0 Å². The second kappa shape index (κ2) is 4.44. The third-order valence-electron chi connectivity index (χ3n) is 2.92. The number of carbonyl (C=O) groups is 1. The van der Waals surface area contributed by atoms with Gasteiger partial charge in [-0.05, 0) is 37.0 Å². The van der Waals surface area contributed by atoms with Crippen LogP contribution in [0.25, 0.3) is 0 Å². The van der Waals surface area contributed by atoms with Crippen LogP contribution in [0.1, 0.15) is 27.9 Å². The molecule has 1 aromatic rings. The summed E-state index contributed by atoms with van der Waals surface area (Å²) in [6.45, 7) is 2.62. The smallest absolute Gasteiger partial charge is 0.176 e. The highest BCUT2D eigenvalue weighted by molar-refractivity contribution is 6.32. The van der Waals surface area contributed by atoms with Gasteiger partial charge in [0.05, 0.1) is 18.2 Å². The number of rotatable bonds is 2. The van der Waals surface area contributed by atoms with Gasteiger partial charge in [0, 0.05) is 5.56 Å². The van der Waals surface area contributed by atoms with Gasteiger partial charge in [-0.1, -0.05) is 11.6 Å². The average molecular weight is 240 g/mol. The van der Waals surface area contributed by atoms with Crippen LogP contribution < -0.4 is 10.5 Å². The molecule has 0 atom stereocenters. The fraction of sp³-hybridized carbons (Fsp3) is 0.417. The highest BCUT2D eigenvalue weighted by Gasteiger charge is 2.21. The first-order valence-corrected chi connectivity index (χ1v) is 5.71. The van der Waals surface area contributed by atoms with Gasteiger partial charge < -0.3 is 10.5 Å². The summed E-state index contributed by atoms with van der Waals surface area (Å²) in [7, 11) is 0. The fourth-order valence-corrected chi connectivity index (χ4v) is 2.34. The number of hydrogen-bond donors (Lipinski definition) is 1. The van der Waals surface area contributed by atoms with Crippen LogP contribution in [0.2, 0.25) is 5.02 Å². The van der Waals surface area contributed by atoms with E-state index in [1.807, 2.05) is 6.92 Å². The Morgan fingerprint density at radius 2 is 2.38 bits per heavy atom. The SMILES string of the molecule is Cc1c(C(=O)CN)cc(Cl)c2c1CCCO2. The van der Waals surface area contributed by atoms with Crippen molar-refractivity contribution in [2.45, 2.75) is 19.8 Å². The predicted octanol–water partition coefficient (Wildman–Crippen LogP) is 2.11. The quantitative estimate of drug-likeness (QED) is 0.805. The van der Waals surface area contributed by atoms with Crippen molar-refractivity contribution in [1.82, 2.24) is 0 Å². The Bertz CT molecular complexity index is 443. The lowest BCUT2D eigenvalue weighted by molar-refractivity contribution is 0.100. The zero-order valence-corrected chi connectivity index (χ0v) is 9.93. The number of ketones is 1. The molecule has 0 saturated carbocycles. The molecule has 0 aromatic heterocycles. The molecule has 0 bridgehead atoms. The summed E-state index contributed by atoms with van der Waals surface area (Å²) in [6, 6.07) is 1.66. The fourth-order valence-electron chi connectivity index (χ4n) is 2.06. The van der Waals surface area contributed by atoms with Crippen molar-refractivity contribution < 1.29 is 9.53 Å². The number of ether oxygens (including phenoxy) is 1. The summed E-state index contributed by atoms with van der Waals surface area (Å²) in [6.07, 6.45) is 1.87. The van der Waals surface area contributed by atoms with Gasteiger partial charge >= 0.3 is 0 Å². The van der Waals surface area contributed by atoms with Crippen LogP contribution in [-0.4, -0.2) is 18.9 Å². The number of benzene rings is 1. The molecule has 86 valence electrons. The molecule has 0 amide bonds. The van der Waals surface area contributed by atoms with Crippen LogP contribution in [0, 0.1) is 6.92 Å². The minimum Gasteiger partial charge on any atom is -0.492 e. The van der Waals surface area contributed by atoms with E-state index in [0.717, 1.165) is 29.7 Å². The normalized spacial score (nSPS) is 14.2. The third kappa shape index (κ3) is 1.81. The van der Waals surface area contributed by atoms with Gasteiger partial charge in [0.2, 0.25) is 0 Å². The molecular weight excluding hydrogens is 226 g/mol. The highest BCUT2D eigenvalue weighted by atomic mass is 35.5. The van der Waals surface area contributed by atoms with E-state index in [4.69, 9.17) is 22.1 Å². The Hall–Kier alpha value is -1.06. The maximum absolute atomic E-state index is 11.6. The van der Waals surface area contributed by atoms with Gasteiger partial charge in [0.1, 0.15) is 5.75 Å². The van der Waals surface area contributed by atoms with Crippen LogP contribution in [-0.2, 0) is 6.42 Å².